The first-order valence-electron chi connectivity index (χ1n) is 11.5. The molecule has 176 valence electrons. The number of methoxy groups -OCH3 is 1. The highest BCUT2D eigenvalue weighted by atomic mass is 16.5. The van der Waals surface area contributed by atoms with Crippen molar-refractivity contribution in [1.29, 1.82) is 0 Å². The molecular weight excluding hydrogens is 404 g/mol. The standard InChI is InChI=1S/C25H38N4O3/c1-5-28-10-12-29(13-11-28)18-23(30)19-32-24-7-6-21(14-25(24)31-4)16-27(3)17-22-8-9-26-15-20(22)2/h6-9,14-15,23,30H,5,10-13,16-19H2,1-4H3/t23-/m0/s1. The zero-order chi connectivity index (χ0) is 22.9. The van der Waals surface area contributed by atoms with E-state index in [9.17, 15) is 5.11 Å². The van der Waals surface area contributed by atoms with Gasteiger partial charge in [-0.2, -0.15) is 0 Å². The van der Waals surface area contributed by atoms with Gasteiger partial charge in [-0.05, 0) is 55.4 Å². The third kappa shape index (κ3) is 7.17. The lowest BCUT2D eigenvalue weighted by Crippen LogP contribution is -2.49. The van der Waals surface area contributed by atoms with E-state index >= 15 is 0 Å². The highest BCUT2D eigenvalue weighted by molar-refractivity contribution is 5.43. The molecule has 3 rings (SSSR count). The largest absolute Gasteiger partial charge is 0.493 e. The van der Waals surface area contributed by atoms with Gasteiger partial charge in [0.15, 0.2) is 11.5 Å². The summed E-state index contributed by atoms with van der Waals surface area (Å²) in [5.41, 5.74) is 3.63. The maximum Gasteiger partial charge on any atom is 0.161 e. The second-order valence-corrected chi connectivity index (χ2v) is 8.66. The summed E-state index contributed by atoms with van der Waals surface area (Å²) in [6.45, 7) is 12.0. The Bertz CT molecular complexity index is 840. The number of hydrogen-bond acceptors (Lipinski definition) is 7. The van der Waals surface area contributed by atoms with E-state index in [4.69, 9.17) is 9.47 Å². The monoisotopic (exact) mass is 442 g/mol. The molecule has 1 N–H and O–H groups in total. The van der Waals surface area contributed by atoms with Crippen LogP contribution in [0.1, 0.15) is 23.6 Å². The molecule has 0 unspecified atom stereocenters. The molecule has 1 aliphatic rings. The van der Waals surface area contributed by atoms with Gasteiger partial charge >= 0.3 is 0 Å². The number of hydrogen-bond donors (Lipinski definition) is 1. The van der Waals surface area contributed by atoms with Crippen molar-refractivity contribution in [1.82, 2.24) is 19.7 Å². The fourth-order valence-corrected chi connectivity index (χ4v) is 4.09. The maximum atomic E-state index is 10.5. The smallest absolute Gasteiger partial charge is 0.161 e. The van der Waals surface area contributed by atoms with Crippen molar-refractivity contribution in [2.45, 2.75) is 33.0 Å². The summed E-state index contributed by atoms with van der Waals surface area (Å²) in [6, 6.07) is 8.08. The predicted octanol–water partition coefficient (Wildman–Crippen LogP) is 2.41. The van der Waals surface area contributed by atoms with Gasteiger partial charge in [-0.15, -0.1) is 0 Å². The van der Waals surface area contributed by atoms with Crippen LogP contribution in [0, 0.1) is 6.92 Å². The van der Waals surface area contributed by atoms with E-state index in [0.717, 1.165) is 51.4 Å². The third-order valence-electron chi connectivity index (χ3n) is 6.07. The Labute approximate surface area is 192 Å². The Morgan fingerprint density at radius 3 is 2.53 bits per heavy atom. The first kappa shape index (κ1) is 24.5. The number of piperazine rings is 1. The number of pyridine rings is 1. The summed E-state index contributed by atoms with van der Waals surface area (Å²) in [5.74, 6) is 1.36. The van der Waals surface area contributed by atoms with Crippen LogP contribution in [0.4, 0.5) is 0 Å². The molecule has 1 aliphatic heterocycles. The Balaban J connectivity index is 1.49. The van der Waals surface area contributed by atoms with Crippen LogP contribution in [0.25, 0.3) is 0 Å². The Kier molecular flexibility index (Phi) is 9.29. The number of likely N-dealkylation sites (N-methyl/N-ethyl adjacent to an activating group) is 1. The summed E-state index contributed by atoms with van der Waals surface area (Å²) in [6.07, 6.45) is 3.21. The lowest BCUT2D eigenvalue weighted by Gasteiger charge is -2.34. The molecule has 1 aromatic carbocycles. The van der Waals surface area contributed by atoms with Crippen LogP contribution in [-0.4, -0.2) is 90.9 Å². The second kappa shape index (κ2) is 12.2. The van der Waals surface area contributed by atoms with Gasteiger partial charge in [0.05, 0.1) is 7.11 Å². The van der Waals surface area contributed by atoms with Gasteiger partial charge in [0.25, 0.3) is 0 Å². The Morgan fingerprint density at radius 2 is 1.84 bits per heavy atom. The summed E-state index contributed by atoms with van der Waals surface area (Å²) in [5, 5.41) is 10.5. The number of ether oxygens (including phenoxy) is 2. The maximum absolute atomic E-state index is 10.5. The van der Waals surface area contributed by atoms with Crippen LogP contribution in [0.15, 0.2) is 36.7 Å². The van der Waals surface area contributed by atoms with Crippen molar-refractivity contribution in [2.75, 3.05) is 60.0 Å². The second-order valence-electron chi connectivity index (χ2n) is 8.66. The van der Waals surface area contributed by atoms with E-state index in [1.54, 1.807) is 7.11 Å². The summed E-state index contributed by atoms with van der Waals surface area (Å²) >= 11 is 0. The molecule has 1 atom stereocenters. The third-order valence-corrected chi connectivity index (χ3v) is 6.07. The Hall–Kier alpha value is -2.19. The first-order valence-corrected chi connectivity index (χ1v) is 11.5. The number of rotatable bonds is 11. The van der Waals surface area contributed by atoms with Crippen molar-refractivity contribution < 1.29 is 14.6 Å². The zero-order valence-corrected chi connectivity index (χ0v) is 20.0. The van der Waals surface area contributed by atoms with Gasteiger partial charge in [-0.25, -0.2) is 0 Å². The summed E-state index contributed by atoms with van der Waals surface area (Å²) in [4.78, 5) is 11.2. The van der Waals surface area contributed by atoms with E-state index in [1.165, 1.54) is 11.1 Å². The number of aliphatic hydroxyl groups excluding tert-OH is 1. The SMILES string of the molecule is CCN1CCN(C[C@H](O)COc2ccc(CN(C)Cc3ccncc3C)cc2OC)CC1. The van der Waals surface area contributed by atoms with Crippen molar-refractivity contribution in [2.24, 2.45) is 0 Å². The molecule has 1 fully saturated rings. The van der Waals surface area contributed by atoms with Crippen LogP contribution in [-0.2, 0) is 13.1 Å². The number of aliphatic hydroxyl groups is 1. The van der Waals surface area contributed by atoms with Gasteiger partial charge in [0.1, 0.15) is 12.7 Å². The average molecular weight is 443 g/mol. The number of aromatic nitrogens is 1. The van der Waals surface area contributed by atoms with Gasteiger partial charge in [-0.3, -0.25) is 14.8 Å². The van der Waals surface area contributed by atoms with E-state index in [-0.39, 0.29) is 6.61 Å². The molecule has 1 aromatic heterocycles. The minimum absolute atomic E-state index is 0.255. The molecule has 1 saturated heterocycles. The molecule has 2 aromatic rings. The highest BCUT2D eigenvalue weighted by Gasteiger charge is 2.19. The van der Waals surface area contributed by atoms with Crippen molar-refractivity contribution in [3.63, 3.8) is 0 Å². The van der Waals surface area contributed by atoms with E-state index in [0.29, 0.717) is 18.0 Å². The van der Waals surface area contributed by atoms with E-state index < -0.39 is 6.10 Å². The molecule has 0 aliphatic carbocycles. The van der Waals surface area contributed by atoms with E-state index in [2.05, 4.69) is 52.7 Å². The van der Waals surface area contributed by atoms with Crippen LogP contribution < -0.4 is 9.47 Å². The fraction of sp³-hybridized carbons (Fsp3) is 0.560. The van der Waals surface area contributed by atoms with Gasteiger partial charge in [0.2, 0.25) is 0 Å². The molecule has 32 heavy (non-hydrogen) atoms. The van der Waals surface area contributed by atoms with Crippen LogP contribution in [0.2, 0.25) is 0 Å². The minimum Gasteiger partial charge on any atom is -0.493 e. The molecular formula is C25H38N4O3. The normalized spacial score (nSPS) is 16.3. The fourth-order valence-electron chi connectivity index (χ4n) is 4.09. The summed E-state index contributed by atoms with van der Waals surface area (Å²) in [7, 11) is 3.76. The van der Waals surface area contributed by atoms with Gasteiger partial charge < -0.3 is 19.5 Å². The molecule has 7 heteroatoms. The molecule has 0 spiro atoms. The van der Waals surface area contributed by atoms with Gasteiger partial charge in [0, 0.05) is 58.2 Å². The predicted molar refractivity (Wildman–Crippen MR) is 127 cm³/mol. The Morgan fingerprint density at radius 1 is 1.09 bits per heavy atom. The summed E-state index contributed by atoms with van der Waals surface area (Å²) < 4.78 is 11.5. The number of aryl methyl sites for hydroxylation is 1. The van der Waals surface area contributed by atoms with Gasteiger partial charge in [-0.1, -0.05) is 13.0 Å². The van der Waals surface area contributed by atoms with Crippen LogP contribution >= 0.6 is 0 Å². The molecule has 0 saturated carbocycles. The van der Waals surface area contributed by atoms with E-state index in [1.807, 2.05) is 24.5 Å². The molecule has 0 amide bonds. The van der Waals surface area contributed by atoms with Crippen molar-refractivity contribution >= 4 is 0 Å². The number of benzene rings is 1. The van der Waals surface area contributed by atoms with Crippen molar-refractivity contribution in [3.05, 3.63) is 53.3 Å². The van der Waals surface area contributed by atoms with Crippen molar-refractivity contribution in [3.8, 4) is 11.5 Å². The number of nitrogens with zero attached hydrogens (tertiary/aromatic N) is 4. The first-order chi connectivity index (χ1) is 15.5. The zero-order valence-electron chi connectivity index (χ0n) is 20.0. The average Bonchev–Trinajstić information content (AvgIpc) is 2.80. The minimum atomic E-state index is -0.526. The molecule has 2 heterocycles. The topological polar surface area (TPSA) is 61.3 Å². The lowest BCUT2D eigenvalue weighted by atomic mass is 10.1. The van der Waals surface area contributed by atoms with Crippen LogP contribution in [0.3, 0.4) is 0 Å². The van der Waals surface area contributed by atoms with Crippen LogP contribution in [0.5, 0.6) is 11.5 Å². The molecule has 0 radical (unpaired) electrons. The highest BCUT2D eigenvalue weighted by Crippen LogP contribution is 2.29. The lowest BCUT2D eigenvalue weighted by molar-refractivity contribution is 0.0464. The number of β-amino-alcohol motifs (C(OH)–C–C–N with tert-alkyl or cyclic N) is 1. The molecule has 0 bridgehead atoms. The molecule has 7 nitrogen and oxygen atoms in total. The quantitative estimate of drug-likeness (QED) is 0.573.